The van der Waals surface area contributed by atoms with E-state index >= 15 is 0 Å². The highest BCUT2D eigenvalue weighted by atomic mass is 31.2. The number of benzene rings is 5. The molecule has 49 heavy (non-hydrogen) atoms. The summed E-state index contributed by atoms with van der Waals surface area (Å²) in [6.07, 6.45) is -0.767. The molecule has 0 aromatic heterocycles. The summed E-state index contributed by atoms with van der Waals surface area (Å²) in [7, 11) is 2.14. The molecule has 0 radical (unpaired) electrons. The van der Waals surface area contributed by atoms with Gasteiger partial charge in [0, 0.05) is 6.42 Å². The van der Waals surface area contributed by atoms with Gasteiger partial charge in [-0.05, 0) is 61.3 Å². The van der Waals surface area contributed by atoms with Crippen molar-refractivity contribution in [2.24, 2.45) is 0 Å². The highest BCUT2D eigenvalue weighted by Gasteiger charge is 2.67. The van der Waals surface area contributed by atoms with Gasteiger partial charge < -0.3 is 18.9 Å². The first-order valence-electron chi connectivity index (χ1n) is 17.0. The summed E-state index contributed by atoms with van der Waals surface area (Å²) >= 11 is 0. The molecule has 0 spiro atoms. The minimum absolute atomic E-state index is 0.0192. The Bertz CT molecular complexity index is 1690. The molecule has 2 fully saturated rings. The van der Waals surface area contributed by atoms with Crippen LogP contribution in [0.25, 0.3) is 0 Å². The summed E-state index contributed by atoms with van der Waals surface area (Å²) < 4.78 is 36.6. The number of nitrogens with zero attached hydrogens (tertiary/aromatic N) is 1. The van der Waals surface area contributed by atoms with E-state index in [0.29, 0.717) is 0 Å². The number of hydrogen-bond donors (Lipinski definition) is 0. The second kappa shape index (κ2) is 12.9. The second-order valence-electron chi connectivity index (χ2n) is 13.8. The van der Waals surface area contributed by atoms with Gasteiger partial charge in [0.2, 0.25) is 0 Å². The summed E-state index contributed by atoms with van der Waals surface area (Å²) in [5.41, 5.74) is 3.98. The average molecular weight is 672 g/mol. The van der Waals surface area contributed by atoms with Crippen LogP contribution in [0.1, 0.15) is 53.3 Å². The quantitative estimate of drug-likeness (QED) is 0.161. The third kappa shape index (κ3) is 5.57. The third-order valence-electron chi connectivity index (χ3n) is 10.1. The van der Waals surface area contributed by atoms with Crippen molar-refractivity contribution in [1.29, 1.82) is 0 Å². The van der Waals surface area contributed by atoms with Crippen molar-refractivity contribution in [2.75, 3.05) is 14.1 Å². The Morgan fingerprint density at radius 2 is 0.959 bits per heavy atom. The molecule has 0 N–H and O–H groups in total. The van der Waals surface area contributed by atoms with Crippen LogP contribution < -0.4 is 0 Å². The Morgan fingerprint density at radius 3 is 1.37 bits per heavy atom. The lowest BCUT2D eigenvalue weighted by molar-refractivity contribution is -0.177. The van der Waals surface area contributed by atoms with E-state index in [4.69, 9.17) is 23.0 Å². The van der Waals surface area contributed by atoms with Gasteiger partial charge in [0.25, 0.3) is 0 Å². The molecule has 8 rings (SSSR count). The van der Waals surface area contributed by atoms with Crippen LogP contribution in [-0.2, 0) is 40.7 Å². The van der Waals surface area contributed by atoms with E-state index in [-0.39, 0.29) is 12.1 Å². The zero-order valence-corrected chi connectivity index (χ0v) is 29.2. The molecule has 6 nitrogen and oxygen atoms in total. The van der Waals surface area contributed by atoms with E-state index in [9.17, 15) is 0 Å². The molecule has 250 valence electrons. The molecule has 2 aliphatic heterocycles. The summed E-state index contributed by atoms with van der Waals surface area (Å²) in [6, 6.07) is 50.0. The molecule has 0 bridgehead atoms. The van der Waals surface area contributed by atoms with Crippen LogP contribution in [0.4, 0.5) is 0 Å². The monoisotopic (exact) mass is 671 g/mol. The van der Waals surface area contributed by atoms with E-state index in [1.807, 2.05) is 86.6 Å². The summed E-state index contributed by atoms with van der Waals surface area (Å²) in [4.78, 5) is 2.23. The van der Waals surface area contributed by atoms with Crippen molar-refractivity contribution in [3.05, 3.63) is 179 Å². The first-order chi connectivity index (χ1) is 23.8. The van der Waals surface area contributed by atoms with E-state index in [1.54, 1.807) is 0 Å². The number of ether oxygens (including phenoxy) is 2. The van der Waals surface area contributed by atoms with Crippen molar-refractivity contribution in [3.8, 4) is 0 Å². The largest absolute Gasteiger partial charge is 0.341 e. The Morgan fingerprint density at radius 1 is 0.571 bits per heavy atom. The van der Waals surface area contributed by atoms with Crippen LogP contribution in [-0.4, -0.2) is 43.1 Å². The average Bonchev–Trinajstić information content (AvgIpc) is 3.64. The number of hydrogen-bond acceptors (Lipinski definition) is 6. The maximum absolute atomic E-state index is 7.56. The Labute approximate surface area is 290 Å². The molecule has 0 amide bonds. The predicted molar refractivity (Wildman–Crippen MR) is 192 cm³/mol. The SMILES string of the molecule is CN(C)[C@@H]1c2ccccc2C[C@@H]1OP1OC(c2ccccc2)(c2ccccc2)[C@@H]2OC(C)(C)O[C@H]2C(c2ccccc2)(c2ccccc2)O1. The van der Waals surface area contributed by atoms with Gasteiger partial charge in [0.05, 0.1) is 12.1 Å². The van der Waals surface area contributed by atoms with Gasteiger partial charge in [-0.15, -0.1) is 0 Å². The van der Waals surface area contributed by atoms with Gasteiger partial charge in [-0.2, -0.15) is 0 Å². The molecule has 5 aromatic rings. The van der Waals surface area contributed by atoms with Crippen molar-refractivity contribution in [1.82, 2.24) is 4.90 Å². The highest BCUT2D eigenvalue weighted by Crippen LogP contribution is 2.66. The van der Waals surface area contributed by atoms with Gasteiger partial charge >= 0.3 is 8.60 Å². The molecule has 2 heterocycles. The van der Waals surface area contributed by atoms with Crippen molar-refractivity contribution >= 4 is 8.60 Å². The van der Waals surface area contributed by atoms with Crippen molar-refractivity contribution in [2.45, 2.75) is 61.6 Å². The van der Waals surface area contributed by atoms with Gasteiger partial charge in [-0.25, -0.2) is 0 Å². The van der Waals surface area contributed by atoms with E-state index in [2.05, 4.69) is 91.8 Å². The van der Waals surface area contributed by atoms with Gasteiger partial charge in [0.1, 0.15) is 12.2 Å². The molecule has 1 aliphatic carbocycles. The molecule has 3 aliphatic rings. The fourth-order valence-corrected chi connectivity index (χ4v) is 9.69. The molecule has 0 saturated carbocycles. The van der Waals surface area contributed by atoms with Crippen LogP contribution in [0.3, 0.4) is 0 Å². The fourth-order valence-electron chi connectivity index (χ4n) is 8.05. The lowest BCUT2D eigenvalue weighted by Crippen LogP contribution is -2.53. The highest BCUT2D eigenvalue weighted by molar-refractivity contribution is 7.41. The van der Waals surface area contributed by atoms with Gasteiger partial charge in [-0.3, -0.25) is 9.05 Å². The minimum atomic E-state index is -2.08. The van der Waals surface area contributed by atoms with Crippen molar-refractivity contribution in [3.63, 3.8) is 0 Å². The minimum Gasteiger partial charge on any atom is -0.341 e. The number of fused-ring (bicyclic) bond motifs is 2. The van der Waals surface area contributed by atoms with Crippen LogP contribution in [0.5, 0.6) is 0 Å². The lowest BCUT2D eigenvalue weighted by atomic mass is 9.72. The molecule has 4 atom stereocenters. The van der Waals surface area contributed by atoms with Crippen LogP contribution in [0, 0.1) is 0 Å². The molecular weight excluding hydrogens is 629 g/mol. The standard InChI is InChI=1S/C42H42NO5P/c1-40(2)44-38-39(45-40)42(33-24-13-7-14-25-33,34-26-15-8-16-27-34)48-49(46-36-29-30-19-17-18-28-35(30)37(36)43(3)4)47-41(38,31-20-9-5-10-21-31)32-22-11-6-12-23-32/h5-28,36-39H,29H2,1-4H3/t36-,37+,38+,39+/m0/s1. The summed E-state index contributed by atoms with van der Waals surface area (Å²) in [5.74, 6) is -0.949. The molecule has 5 aromatic carbocycles. The zero-order chi connectivity index (χ0) is 33.6. The molecule has 7 heteroatoms. The Balaban J connectivity index is 1.39. The van der Waals surface area contributed by atoms with E-state index in [1.165, 1.54) is 11.1 Å². The molecule has 0 unspecified atom stereocenters. The van der Waals surface area contributed by atoms with Gasteiger partial charge in [0.15, 0.2) is 17.0 Å². The first-order valence-corrected chi connectivity index (χ1v) is 18.1. The van der Waals surface area contributed by atoms with Crippen LogP contribution in [0.2, 0.25) is 0 Å². The van der Waals surface area contributed by atoms with E-state index in [0.717, 1.165) is 28.7 Å². The lowest BCUT2D eigenvalue weighted by Gasteiger charge is -2.41. The Hall–Kier alpha value is -3.71. The predicted octanol–water partition coefficient (Wildman–Crippen LogP) is 8.91. The molecular formula is C42H42NO5P. The van der Waals surface area contributed by atoms with Crippen LogP contribution in [0.15, 0.2) is 146 Å². The van der Waals surface area contributed by atoms with E-state index < -0.39 is 37.8 Å². The Kier molecular flexibility index (Phi) is 8.54. The van der Waals surface area contributed by atoms with Gasteiger partial charge in [-0.1, -0.05) is 146 Å². The summed E-state index contributed by atoms with van der Waals surface area (Å²) in [6.45, 7) is 3.94. The maximum Gasteiger partial charge on any atom is 0.335 e. The number of rotatable bonds is 7. The first kappa shape index (κ1) is 32.5. The maximum atomic E-state index is 7.56. The number of likely N-dealkylation sites (N-methyl/N-ethyl adjacent to an activating group) is 1. The fraction of sp³-hybridized carbons (Fsp3) is 0.286. The van der Waals surface area contributed by atoms with Crippen molar-refractivity contribution < 1.29 is 23.0 Å². The normalized spacial score (nSPS) is 25.4. The van der Waals surface area contributed by atoms with Crippen LogP contribution >= 0.6 is 8.60 Å². The topological polar surface area (TPSA) is 49.4 Å². The molecule has 2 saturated heterocycles. The summed E-state index contributed by atoms with van der Waals surface area (Å²) in [5, 5.41) is 0. The smallest absolute Gasteiger partial charge is 0.335 e. The second-order valence-corrected chi connectivity index (χ2v) is 14.8. The third-order valence-corrected chi connectivity index (χ3v) is 11.4. The zero-order valence-electron chi connectivity index (χ0n) is 28.3.